The second-order valence-corrected chi connectivity index (χ2v) is 1.27. The van der Waals surface area contributed by atoms with Crippen molar-refractivity contribution in [1.29, 1.82) is 0 Å². The lowest BCUT2D eigenvalue weighted by molar-refractivity contribution is -0.134. The minimum atomic E-state index is -0.833. The molecule has 0 aromatic carbocycles. The quantitative estimate of drug-likeness (QED) is 0.515. The number of hydrogen-bond acceptors (Lipinski definition) is 2. The Morgan fingerprint density at radius 3 is 2.00 bits per heavy atom. The Morgan fingerprint density at radius 1 is 1.67 bits per heavy atom. The molecule has 0 unspecified atom stereocenters. The first-order chi connectivity index (χ1) is 4.15. The number of carboxylic acids is 1. The van der Waals surface area contributed by atoms with E-state index in [2.05, 4.69) is 0 Å². The van der Waals surface area contributed by atoms with Crippen LogP contribution in [0.25, 0.3) is 0 Å². The van der Waals surface area contributed by atoms with Gasteiger partial charge in [-0.15, -0.1) is 0 Å². The number of allylic oxidation sites excluding steroid dienone is 1. The molecule has 0 aromatic heterocycles. The van der Waals surface area contributed by atoms with E-state index in [1.165, 1.54) is 0 Å². The highest BCUT2D eigenvalue weighted by Gasteiger charge is 1.65. The fourth-order valence-electron chi connectivity index (χ4n) is 0.105. The van der Waals surface area contributed by atoms with Crippen molar-refractivity contribution in [2.24, 2.45) is 0 Å². The summed E-state index contributed by atoms with van der Waals surface area (Å²) in [5.41, 5.74) is 0. The van der Waals surface area contributed by atoms with E-state index in [1.54, 1.807) is 12.2 Å². The zero-order valence-corrected chi connectivity index (χ0v) is 5.66. The number of aliphatic hydroxyl groups is 1. The molecule has 0 aliphatic heterocycles. The summed E-state index contributed by atoms with van der Waals surface area (Å²) >= 11 is 0. The van der Waals surface area contributed by atoms with Crippen LogP contribution in [0.15, 0.2) is 12.2 Å². The Morgan fingerprint density at radius 2 is 2.00 bits per heavy atom. The maximum absolute atomic E-state index is 9.00. The van der Waals surface area contributed by atoms with Crippen LogP contribution in [0.3, 0.4) is 0 Å². The van der Waals surface area contributed by atoms with Crippen LogP contribution >= 0.6 is 0 Å². The largest absolute Gasteiger partial charge is 0.481 e. The third-order valence-corrected chi connectivity index (χ3v) is 0.341. The van der Waals surface area contributed by atoms with Crippen molar-refractivity contribution >= 4 is 5.97 Å². The third-order valence-electron chi connectivity index (χ3n) is 0.341. The second-order valence-electron chi connectivity index (χ2n) is 1.27. The van der Waals surface area contributed by atoms with E-state index in [-0.39, 0.29) is 6.61 Å². The Labute approximate surface area is 54.6 Å². The molecule has 0 spiro atoms. The van der Waals surface area contributed by atoms with Crippen LogP contribution in [0.1, 0.15) is 13.8 Å². The molecule has 0 bridgehead atoms. The van der Waals surface area contributed by atoms with Crippen molar-refractivity contribution in [3.63, 3.8) is 0 Å². The fourth-order valence-corrected chi connectivity index (χ4v) is 0.105. The van der Waals surface area contributed by atoms with Crippen LogP contribution in [-0.2, 0) is 4.79 Å². The lowest BCUT2D eigenvalue weighted by atomic mass is 10.6. The first kappa shape index (κ1) is 11.0. The van der Waals surface area contributed by atoms with Crippen LogP contribution in [0, 0.1) is 0 Å². The van der Waals surface area contributed by atoms with Gasteiger partial charge in [0.15, 0.2) is 0 Å². The molecule has 0 fully saturated rings. The van der Waals surface area contributed by atoms with Crippen LogP contribution < -0.4 is 0 Å². The summed E-state index contributed by atoms with van der Waals surface area (Å²) in [6.07, 6.45) is 3.49. The zero-order valence-electron chi connectivity index (χ0n) is 5.66. The third kappa shape index (κ3) is 140. The van der Waals surface area contributed by atoms with Gasteiger partial charge in [0, 0.05) is 6.92 Å². The van der Waals surface area contributed by atoms with E-state index in [9.17, 15) is 0 Å². The van der Waals surface area contributed by atoms with Gasteiger partial charge >= 0.3 is 0 Å². The first-order valence-corrected chi connectivity index (χ1v) is 2.56. The summed E-state index contributed by atoms with van der Waals surface area (Å²) in [5, 5.41) is 15.4. The molecule has 3 heteroatoms. The Kier molecular flexibility index (Phi) is 12.5. The Hall–Kier alpha value is -0.830. The van der Waals surface area contributed by atoms with E-state index in [1.807, 2.05) is 6.92 Å². The number of aliphatic hydroxyl groups excluding tert-OH is 1. The van der Waals surface area contributed by atoms with Gasteiger partial charge in [0.25, 0.3) is 5.97 Å². The molecule has 3 nitrogen and oxygen atoms in total. The van der Waals surface area contributed by atoms with Crippen molar-refractivity contribution in [1.82, 2.24) is 0 Å². The summed E-state index contributed by atoms with van der Waals surface area (Å²) in [6.45, 7) is 3.12. The van der Waals surface area contributed by atoms with Crippen molar-refractivity contribution in [2.75, 3.05) is 6.61 Å². The molecule has 0 amide bonds. The maximum Gasteiger partial charge on any atom is 0.300 e. The maximum atomic E-state index is 9.00. The van der Waals surface area contributed by atoms with Gasteiger partial charge in [-0.2, -0.15) is 0 Å². The highest BCUT2D eigenvalue weighted by atomic mass is 16.4. The molecule has 0 aliphatic rings. The Balaban J connectivity index is 0. The SMILES string of the molecule is CC(=O)O.CC=CCO. The van der Waals surface area contributed by atoms with E-state index in [0.29, 0.717) is 0 Å². The standard InChI is InChI=1S/C4H8O.C2H4O2/c1-2-3-4-5;1-2(3)4/h2-3,5H,4H2,1H3;1H3,(H,3,4). The number of carboxylic acid groups (broad SMARTS) is 1. The lowest BCUT2D eigenvalue weighted by Gasteiger charge is -1.66. The molecule has 0 rings (SSSR count). The molecular weight excluding hydrogens is 120 g/mol. The Bertz CT molecular complexity index is 82.3. The van der Waals surface area contributed by atoms with E-state index in [0.717, 1.165) is 6.92 Å². The van der Waals surface area contributed by atoms with Gasteiger partial charge in [-0.3, -0.25) is 4.79 Å². The normalized spacial score (nSPS) is 8.33. The van der Waals surface area contributed by atoms with Gasteiger partial charge in [-0.05, 0) is 6.92 Å². The van der Waals surface area contributed by atoms with Crippen LogP contribution in [0.5, 0.6) is 0 Å². The summed E-state index contributed by atoms with van der Waals surface area (Å²) in [4.78, 5) is 9.00. The highest BCUT2D eigenvalue weighted by Crippen LogP contribution is 1.60. The summed E-state index contributed by atoms with van der Waals surface area (Å²) in [5.74, 6) is -0.833. The lowest BCUT2D eigenvalue weighted by Crippen LogP contribution is -1.78. The number of carbonyl (C=O) groups is 1. The topological polar surface area (TPSA) is 57.5 Å². The average Bonchev–Trinajstić information content (AvgIpc) is 1.66. The summed E-state index contributed by atoms with van der Waals surface area (Å²) < 4.78 is 0. The molecule has 0 aromatic rings. The average molecular weight is 132 g/mol. The van der Waals surface area contributed by atoms with E-state index >= 15 is 0 Å². The van der Waals surface area contributed by atoms with Crippen LogP contribution in [0.4, 0.5) is 0 Å². The number of hydrogen-bond donors (Lipinski definition) is 2. The predicted octanol–water partition coefficient (Wildman–Crippen LogP) is 0.646. The predicted molar refractivity (Wildman–Crippen MR) is 35.2 cm³/mol. The van der Waals surface area contributed by atoms with E-state index < -0.39 is 5.97 Å². The van der Waals surface area contributed by atoms with Crippen molar-refractivity contribution in [3.8, 4) is 0 Å². The molecule has 2 N–H and O–H groups in total. The summed E-state index contributed by atoms with van der Waals surface area (Å²) in [7, 11) is 0. The van der Waals surface area contributed by atoms with Gasteiger partial charge in [0.05, 0.1) is 6.61 Å². The van der Waals surface area contributed by atoms with Crippen molar-refractivity contribution in [3.05, 3.63) is 12.2 Å². The van der Waals surface area contributed by atoms with Gasteiger partial charge in [0.1, 0.15) is 0 Å². The highest BCUT2D eigenvalue weighted by molar-refractivity contribution is 5.62. The zero-order chi connectivity index (χ0) is 7.70. The van der Waals surface area contributed by atoms with Gasteiger partial charge in [-0.25, -0.2) is 0 Å². The second kappa shape index (κ2) is 10.2. The molecule has 0 heterocycles. The smallest absolute Gasteiger partial charge is 0.300 e. The summed E-state index contributed by atoms with van der Waals surface area (Å²) in [6, 6.07) is 0. The van der Waals surface area contributed by atoms with Crippen molar-refractivity contribution in [2.45, 2.75) is 13.8 Å². The monoisotopic (exact) mass is 132 g/mol. The molecule has 0 saturated carbocycles. The minimum Gasteiger partial charge on any atom is -0.481 e. The molecule has 9 heavy (non-hydrogen) atoms. The molecule has 0 atom stereocenters. The van der Waals surface area contributed by atoms with Crippen molar-refractivity contribution < 1.29 is 15.0 Å². The van der Waals surface area contributed by atoms with E-state index in [4.69, 9.17) is 15.0 Å². The van der Waals surface area contributed by atoms with Crippen LogP contribution in [0.2, 0.25) is 0 Å². The number of rotatable bonds is 1. The molecule has 0 radical (unpaired) electrons. The fraction of sp³-hybridized carbons (Fsp3) is 0.500. The van der Waals surface area contributed by atoms with Gasteiger partial charge in [0.2, 0.25) is 0 Å². The minimum absolute atomic E-state index is 0.163. The van der Waals surface area contributed by atoms with Gasteiger partial charge in [-0.1, -0.05) is 12.2 Å². The number of aliphatic carboxylic acids is 1. The molecule has 0 saturated heterocycles. The van der Waals surface area contributed by atoms with Crippen LogP contribution in [-0.4, -0.2) is 22.8 Å². The first-order valence-electron chi connectivity index (χ1n) is 2.56. The molecule has 0 aliphatic carbocycles. The molecule has 54 valence electrons. The van der Waals surface area contributed by atoms with Gasteiger partial charge < -0.3 is 10.2 Å². The molecular formula is C6H12O3.